The number of hydrogen-bond donors (Lipinski definition) is 0. The van der Waals surface area contributed by atoms with Gasteiger partial charge in [0.15, 0.2) is 0 Å². The molecule has 0 unspecified atom stereocenters. The summed E-state index contributed by atoms with van der Waals surface area (Å²) in [6.45, 7) is 12.5. The molecule has 3 aliphatic rings. The van der Waals surface area contributed by atoms with Gasteiger partial charge in [0.25, 0.3) is 0 Å². The molecule has 2 fully saturated rings. The summed E-state index contributed by atoms with van der Waals surface area (Å²) in [5.41, 5.74) is 0.501. The summed E-state index contributed by atoms with van der Waals surface area (Å²) in [6, 6.07) is 0. The van der Waals surface area contributed by atoms with Gasteiger partial charge >= 0.3 is 0 Å². The van der Waals surface area contributed by atoms with Gasteiger partial charge in [-0.15, -0.1) is 0 Å². The molecule has 2 bridgehead atoms. The van der Waals surface area contributed by atoms with E-state index in [2.05, 4.69) is 6.58 Å². The number of fused-ring (bicyclic) bond motifs is 3. The van der Waals surface area contributed by atoms with Crippen molar-refractivity contribution in [1.29, 1.82) is 0 Å². The molecule has 2 saturated carbocycles. The van der Waals surface area contributed by atoms with Crippen molar-refractivity contribution in [2.75, 3.05) is 41.7 Å². The fourth-order valence-electron chi connectivity index (χ4n) is 6.43. The number of carbonyl (C=O) groups is 2. The quantitative estimate of drug-likeness (QED) is 0.282. The molecule has 0 heterocycles. The van der Waals surface area contributed by atoms with Crippen molar-refractivity contribution in [2.45, 2.75) is 65.3 Å². The van der Waals surface area contributed by atoms with Gasteiger partial charge in [-0.05, 0) is 48.7 Å². The first-order valence-electron chi connectivity index (χ1n) is 11.9. The Balaban J connectivity index is 2.18. The molecule has 0 amide bonds. The average Bonchev–Trinajstić information content (AvgIpc) is 2.79. The molecular weight excluding hydrogens is 440 g/mol. The third-order valence-corrected chi connectivity index (χ3v) is 8.17. The van der Waals surface area contributed by atoms with Crippen LogP contribution in [0, 0.1) is 22.7 Å². The number of ether oxygens (including phenoxy) is 6. The van der Waals surface area contributed by atoms with Gasteiger partial charge in [0.1, 0.15) is 20.4 Å². The predicted octanol–water partition coefficient (Wildman–Crippen LogP) is 3.44. The van der Waals surface area contributed by atoms with Crippen LogP contribution in [0.25, 0.3) is 0 Å². The van der Waals surface area contributed by atoms with E-state index < -0.39 is 34.4 Å². The van der Waals surface area contributed by atoms with Crippen LogP contribution < -0.4 is 0 Å². The second-order valence-corrected chi connectivity index (χ2v) is 10.5. The van der Waals surface area contributed by atoms with Gasteiger partial charge in [-0.3, -0.25) is 9.59 Å². The summed E-state index contributed by atoms with van der Waals surface area (Å²) in [5, 5.41) is 0. The Morgan fingerprint density at radius 3 is 2.06 bits per heavy atom. The molecule has 0 spiro atoms. The summed E-state index contributed by atoms with van der Waals surface area (Å²) in [7, 11) is 4.70. The second-order valence-electron chi connectivity index (χ2n) is 10.5. The van der Waals surface area contributed by atoms with Crippen LogP contribution in [-0.4, -0.2) is 71.6 Å². The van der Waals surface area contributed by atoms with Crippen LogP contribution in [-0.2, 0) is 38.0 Å². The molecule has 0 saturated heterocycles. The van der Waals surface area contributed by atoms with Crippen LogP contribution in [0.1, 0.15) is 47.0 Å². The van der Waals surface area contributed by atoms with Crippen LogP contribution in [0.2, 0.25) is 0 Å². The monoisotopic (exact) mass is 480 g/mol. The largest absolute Gasteiger partial charge is 0.359 e. The Morgan fingerprint density at radius 2 is 1.47 bits per heavy atom. The van der Waals surface area contributed by atoms with E-state index in [0.29, 0.717) is 24.8 Å². The first-order chi connectivity index (χ1) is 16.1. The van der Waals surface area contributed by atoms with Gasteiger partial charge in [-0.25, -0.2) is 0 Å². The Hall–Kier alpha value is -1.42. The first kappa shape index (κ1) is 27.2. The molecule has 34 heavy (non-hydrogen) atoms. The number of rotatable bonds is 9. The molecule has 8 nitrogen and oxygen atoms in total. The summed E-state index contributed by atoms with van der Waals surface area (Å²) < 4.78 is 33.8. The average molecular weight is 481 g/mol. The Kier molecular flexibility index (Phi) is 8.54. The van der Waals surface area contributed by atoms with Gasteiger partial charge in [0, 0.05) is 38.2 Å². The molecule has 0 N–H and O–H groups in total. The molecule has 6 atom stereocenters. The maximum atomic E-state index is 14.0. The molecule has 8 heteroatoms. The molecule has 3 rings (SSSR count). The Bertz CT molecular complexity index is 831. The van der Waals surface area contributed by atoms with Crippen molar-refractivity contribution in [1.82, 2.24) is 0 Å². The van der Waals surface area contributed by atoms with E-state index in [-0.39, 0.29) is 38.5 Å². The fourth-order valence-corrected chi connectivity index (χ4v) is 6.43. The number of carbonyl (C=O) groups excluding carboxylic acids is 2. The normalized spacial score (nSPS) is 35.7. The molecular formula is C26H40O8. The minimum Gasteiger partial charge on any atom is -0.359 e. The molecule has 0 aromatic heterocycles. The first-order valence-corrected chi connectivity index (χ1v) is 11.9. The zero-order valence-electron chi connectivity index (χ0n) is 21.6. The maximum Gasteiger partial charge on any atom is 0.225 e. The Labute approximate surface area is 202 Å². The van der Waals surface area contributed by atoms with E-state index in [0.717, 1.165) is 11.1 Å². The second kappa shape index (κ2) is 10.7. The van der Waals surface area contributed by atoms with Crippen LogP contribution in [0.3, 0.4) is 0 Å². The predicted molar refractivity (Wildman–Crippen MR) is 125 cm³/mol. The van der Waals surface area contributed by atoms with Crippen LogP contribution in [0.15, 0.2) is 23.3 Å². The van der Waals surface area contributed by atoms with Gasteiger partial charge in [-0.2, -0.15) is 0 Å². The highest BCUT2D eigenvalue weighted by Crippen LogP contribution is 2.58. The van der Waals surface area contributed by atoms with E-state index in [1.165, 1.54) is 0 Å². The van der Waals surface area contributed by atoms with Crippen LogP contribution >= 0.6 is 0 Å². The fraction of sp³-hybridized carbons (Fsp3) is 0.769. The zero-order chi connectivity index (χ0) is 25.3. The maximum absolute atomic E-state index is 14.0. The highest BCUT2D eigenvalue weighted by molar-refractivity contribution is 6.45. The number of methoxy groups -OCH3 is 3. The summed E-state index contributed by atoms with van der Waals surface area (Å²) in [6.07, 6.45) is 0.598. The van der Waals surface area contributed by atoms with Crippen molar-refractivity contribution >= 4 is 11.6 Å². The number of allylic oxidation sites excluding steroid dienone is 1. The standard InChI is InChI=1S/C26H40O8/c1-15-18(32-12-29-6)9-10-26(5)21(15)23(34-14-31-8)17-11-19(33-13-30-7)16(2)20(25(17,3)4)22(27)24(26)28/h17-19,21,23H,1,9-14H2,2-8H3/t17-,18-,19-,21-,23+,26+/m0/s1. The SMILES string of the molecule is C=C1[C@@H](OCOC)CC[C@@]2(C)C(=O)C(=O)C3=C(C)[C@@H](OCOC)C[C@@H]([C@@H](OCOC)[C@H]12)C3(C)C. The highest BCUT2D eigenvalue weighted by Gasteiger charge is 2.61. The lowest BCUT2D eigenvalue weighted by Crippen LogP contribution is -2.60. The van der Waals surface area contributed by atoms with Gasteiger partial charge < -0.3 is 28.4 Å². The van der Waals surface area contributed by atoms with E-state index in [1.807, 2.05) is 27.7 Å². The van der Waals surface area contributed by atoms with E-state index in [1.54, 1.807) is 21.3 Å². The molecule has 0 aromatic carbocycles. The van der Waals surface area contributed by atoms with Crippen molar-refractivity contribution in [2.24, 2.45) is 22.7 Å². The van der Waals surface area contributed by atoms with Gasteiger partial charge in [0.05, 0.1) is 18.3 Å². The van der Waals surface area contributed by atoms with Crippen molar-refractivity contribution in [3.05, 3.63) is 23.3 Å². The third kappa shape index (κ3) is 4.56. The van der Waals surface area contributed by atoms with E-state index >= 15 is 0 Å². The smallest absolute Gasteiger partial charge is 0.225 e. The van der Waals surface area contributed by atoms with Crippen LogP contribution in [0.5, 0.6) is 0 Å². The minimum absolute atomic E-state index is 0.0600. The number of hydrogen-bond acceptors (Lipinski definition) is 8. The minimum atomic E-state index is -0.958. The van der Waals surface area contributed by atoms with Crippen molar-refractivity contribution in [3.63, 3.8) is 0 Å². The van der Waals surface area contributed by atoms with Crippen LogP contribution in [0.4, 0.5) is 0 Å². The molecule has 0 aromatic rings. The lowest BCUT2D eigenvalue weighted by molar-refractivity contribution is -0.178. The molecule has 0 radical (unpaired) electrons. The van der Waals surface area contributed by atoms with E-state index in [9.17, 15) is 9.59 Å². The van der Waals surface area contributed by atoms with Crippen molar-refractivity contribution in [3.8, 4) is 0 Å². The van der Waals surface area contributed by atoms with Crippen molar-refractivity contribution < 1.29 is 38.0 Å². The third-order valence-electron chi connectivity index (χ3n) is 8.17. The number of ketones is 2. The summed E-state index contributed by atoms with van der Waals surface area (Å²) in [5.74, 6) is -1.40. The lowest BCUT2D eigenvalue weighted by Gasteiger charge is -2.56. The van der Waals surface area contributed by atoms with E-state index in [4.69, 9.17) is 28.4 Å². The number of Topliss-reactive ketones (excluding diaryl/α,β-unsaturated/α-hetero) is 2. The Morgan fingerprint density at radius 1 is 0.912 bits per heavy atom. The summed E-state index contributed by atoms with van der Waals surface area (Å²) in [4.78, 5) is 27.8. The highest BCUT2D eigenvalue weighted by atomic mass is 16.7. The molecule has 3 aliphatic carbocycles. The molecule has 192 valence electrons. The van der Waals surface area contributed by atoms with Gasteiger partial charge in [0.2, 0.25) is 11.6 Å². The summed E-state index contributed by atoms with van der Waals surface area (Å²) >= 11 is 0. The molecule has 0 aliphatic heterocycles. The van der Waals surface area contributed by atoms with Gasteiger partial charge in [-0.1, -0.05) is 27.4 Å². The lowest BCUT2D eigenvalue weighted by atomic mass is 9.50. The zero-order valence-corrected chi connectivity index (χ0v) is 21.6. The topological polar surface area (TPSA) is 89.5 Å².